The van der Waals surface area contributed by atoms with Crippen LogP contribution in [0.2, 0.25) is 0 Å². The summed E-state index contributed by atoms with van der Waals surface area (Å²) in [6.45, 7) is 6.31. The molecule has 26 heavy (non-hydrogen) atoms. The van der Waals surface area contributed by atoms with Gasteiger partial charge in [0.25, 0.3) is 0 Å². The van der Waals surface area contributed by atoms with Crippen LogP contribution in [0.25, 0.3) is 10.8 Å². The molecule has 0 unspecified atom stereocenters. The molecule has 0 saturated carbocycles. The van der Waals surface area contributed by atoms with Gasteiger partial charge >= 0.3 is 0 Å². The molecular formula is C18H23IN4OS2. The van der Waals surface area contributed by atoms with E-state index in [-0.39, 0.29) is 24.0 Å². The van der Waals surface area contributed by atoms with Crippen molar-refractivity contribution in [3.63, 3.8) is 0 Å². The first kappa shape index (κ1) is 20.9. The highest BCUT2D eigenvalue weighted by molar-refractivity contribution is 14.0. The zero-order chi connectivity index (χ0) is 17.5. The van der Waals surface area contributed by atoms with Gasteiger partial charge in [0, 0.05) is 16.3 Å². The van der Waals surface area contributed by atoms with E-state index in [1.807, 2.05) is 28.8 Å². The number of thiophene rings is 2. The minimum Gasteiger partial charge on any atom is -0.443 e. The number of aromatic nitrogens is 1. The van der Waals surface area contributed by atoms with Crippen molar-refractivity contribution in [1.82, 2.24) is 15.6 Å². The summed E-state index contributed by atoms with van der Waals surface area (Å²) in [5.74, 6) is 1.44. The van der Waals surface area contributed by atoms with Gasteiger partial charge in [0.15, 0.2) is 5.96 Å². The summed E-state index contributed by atoms with van der Waals surface area (Å²) in [7, 11) is 0. The molecule has 0 aliphatic carbocycles. The quantitative estimate of drug-likeness (QED) is 0.274. The Morgan fingerprint density at radius 1 is 1.19 bits per heavy atom. The Morgan fingerprint density at radius 2 is 2.04 bits per heavy atom. The van der Waals surface area contributed by atoms with Gasteiger partial charge in [-0.2, -0.15) is 0 Å². The van der Waals surface area contributed by atoms with Crippen LogP contribution in [0.5, 0.6) is 0 Å². The Bertz CT molecular complexity index is 811. The molecule has 0 aliphatic heterocycles. The summed E-state index contributed by atoms with van der Waals surface area (Å²) in [5, 5.41) is 8.65. The first-order chi connectivity index (χ1) is 12.3. The molecule has 5 nitrogen and oxygen atoms in total. The third-order valence-corrected chi connectivity index (χ3v) is 5.61. The van der Waals surface area contributed by atoms with E-state index in [4.69, 9.17) is 4.42 Å². The standard InChI is InChI=1S/C18H22N4OS2.HI/c1-3-14-7-8-15(25-14)11-21-18(19-4-2)20-10-13-12-23-17(22-13)16-6-5-9-24-16;/h5-9,12H,3-4,10-11H2,1-2H3,(H2,19,20,21);1H. The lowest BCUT2D eigenvalue weighted by molar-refractivity contribution is 0.574. The molecule has 0 bridgehead atoms. The molecule has 0 spiro atoms. The minimum absolute atomic E-state index is 0. The van der Waals surface area contributed by atoms with Crippen LogP contribution >= 0.6 is 46.7 Å². The molecule has 0 saturated heterocycles. The molecule has 3 rings (SSSR count). The average Bonchev–Trinajstić information content (AvgIpc) is 3.38. The number of aryl methyl sites for hydroxylation is 1. The highest BCUT2D eigenvalue weighted by Gasteiger charge is 2.07. The highest BCUT2D eigenvalue weighted by atomic mass is 127. The SMILES string of the molecule is CCNC(=NCc1coc(-c2cccs2)n1)NCc1ccc(CC)s1.I. The maximum absolute atomic E-state index is 5.54. The van der Waals surface area contributed by atoms with E-state index < -0.39 is 0 Å². The molecular weight excluding hydrogens is 479 g/mol. The number of guanidine groups is 1. The van der Waals surface area contributed by atoms with Crippen molar-refractivity contribution in [3.05, 3.63) is 51.4 Å². The minimum atomic E-state index is 0. The fraction of sp³-hybridized carbons (Fsp3) is 0.333. The molecule has 3 heterocycles. The summed E-state index contributed by atoms with van der Waals surface area (Å²) in [6.07, 6.45) is 2.76. The van der Waals surface area contributed by atoms with Gasteiger partial charge in [0.1, 0.15) is 12.0 Å². The molecule has 140 valence electrons. The molecule has 0 fully saturated rings. The maximum atomic E-state index is 5.54. The average molecular weight is 502 g/mol. The van der Waals surface area contributed by atoms with Gasteiger partial charge in [0.05, 0.1) is 18.0 Å². The lowest BCUT2D eigenvalue weighted by Gasteiger charge is -2.09. The second-order valence-electron chi connectivity index (χ2n) is 5.39. The fourth-order valence-electron chi connectivity index (χ4n) is 2.27. The van der Waals surface area contributed by atoms with Gasteiger partial charge < -0.3 is 15.1 Å². The van der Waals surface area contributed by atoms with E-state index >= 15 is 0 Å². The van der Waals surface area contributed by atoms with Crippen molar-refractivity contribution >= 4 is 52.6 Å². The number of nitrogens with zero attached hydrogens (tertiary/aromatic N) is 2. The van der Waals surface area contributed by atoms with E-state index in [2.05, 4.69) is 46.6 Å². The van der Waals surface area contributed by atoms with Gasteiger partial charge in [-0.15, -0.1) is 46.7 Å². The molecule has 0 aromatic carbocycles. The van der Waals surface area contributed by atoms with Crippen molar-refractivity contribution in [2.45, 2.75) is 33.4 Å². The lowest BCUT2D eigenvalue weighted by atomic mass is 10.3. The van der Waals surface area contributed by atoms with Gasteiger partial charge in [-0.05, 0) is 36.9 Å². The summed E-state index contributed by atoms with van der Waals surface area (Å²) in [4.78, 5) is 12.8. The van der Waals surface area contributed by atoms with Crippen molar-refractivity contribution in [3.8, 4) is 10.8 Å². The van der Waals surface area contributed by atoms with Crippen molar-refractivity contribution in [2.24, 2.45) is 4.99 Å². The van der Waals surface area contributed by atoms with E-state index in [1.54, 1.807) is 17.6 Å². The second-order valence-corrected chi connectivity index (χ2v) is 7.59. The molecule has 8 heteroatoms. The Kier molecular flexibility index (Phi) is 8.60. The zero-order valence-electron chi connectivity index (χ0n) is 14.8. The van der Waals surface area contributed by atoms with Crippen molar-refractivity contribution < 1.29 is 4.42 Å². The normalized spacial score (nSPS) is 11.2. The van der Waals surface area contributed by atoms with Crippen molar-refractivity contribution in [2.75, 3.05) is 6.54 Å². The number of hydrogen-bond acceptors (Lipinski definition) is 5. The first-order valence-electron chi connectivity index (χ1n) is 8.36. The molecule has 2 N–H and O–H groups in total. The maximum Gasteiger partial charge on any atom is 0.236 e. The van der Waals surface area contributed by atoms with Gasteiger partial charge in [0.2, 0.25) is 5.89 Å². The lowest BCUT2D eigenvalue weighted by Crippen LogP contribution is -2.36. The number of rotatable bonds is 7. The van der Waals surface area contributed by atoms with E-state index in [0.717, 1.165) is 36.0 Å². The predicted octanol–water partition coefficient (Wildman–Crippen LogP) is 4.90. The Balaban J connectivity index is 0.00000243. The Hall–Kier alpha value is -1.39. The van der Waals surface area contributed by atoms with E-state index in [0.29, 0.717) is 12.4 Å². The number of hydrogen-bond donors (Lipinski definition) is 2. The third kappa shape index (κ3) is 5.82. The van der Waals surface area contributed by atoms with Crippen LogP contribution in [0.15, 0.2) is 45.3 Å². The van der Waals surface area contributed by atoms with E-state index in [9.17, 15) is 0 Å². The summed E-state index contributed by atoms with van der Waals surface area (Å²) in [6, 6.07) is 8.35. The van der Waals surface area contributed by atoms with Crippen LogP contribution < -0.4 is 10.6 Å². The smallest absolute Gasteiger partial charge is 0.236 e. The Morgan fingerprint density at radius 3 is 2.73 bits per heavy atom. The van der Waals surface area contributed by atoms with Crippen LogP contribution in [0.4, 0.5) is 0 Å². The summed E-state index contributed by atoms with van der Waals surface area (Å²) < 4.78 is 5.54. The van der Waals surface area contributed by atoms with E-state index in [1.165, 1.54) is 9.75 Å². The third-order valence-electron chi connectivity index (χ3n) is 3.52. The topological polar surface area (TPSA) is 62.5 Å². The summed E-state index contributed by atoms with van der Waals surface area (Å²) in [5.41, 5.74) is 0.824. The molecule has 0 aliphatic rings. The van der Waals surface area contributed by atoms with Crippen LogP contribution in [-0.4, -0.2) is 17.5 Å². The van der Waals surface area contributed by atoms with Crippen LogP contribution in [0, 0.1) is 0 Å². The molecule has 3 aromatic heterocycles. The Labute approximate surface area is 179 Å². The van der Waals surface area contributed by atoms with Gasteiger partial charge in [-0.25, -0.2) is 9.98 Å². The van der Waals surface area contributed by atoms with Crippen molar-refractivity contribution in [1.29, 1.82) is 0 Å². The monoisotopic (exact) mass is 502 g/mol. The fourth-order valence-corrected chi connectivity index (χ4v) is 3.83. The van der Waals surface area contributed by atoms with Crippen LogP contribution in [-0.2, 0) is 19.5 Å². The van der Waals surface area contributed by atoms with Gasteiger partial charge in [-0.1, -0.05) is 13.0 Å². The number of aliphatic imine (C=N–C) groups is 1. The largest absolute Gasteiger partial charge is 0.443 e. The summed E-state index contributed by atoms with van der Waals surface area (Å²) >= 11 is 3.45. The second kappa shape index (κ2) is 10.7. The predicted molar refractivity (Wildman–Crippen MR) is 121 cm³/mol. The van der Waals surface area contributed by atoms with Crippen LogP contribution in [0.1, 0.15) is 29.3 Å². The molecule has 0 amide bonds. The number of halogens is 1. The first-order valence-corrected chi connectivity index (χ1v) is 10.1. The molecule has 0 atom stereocenters. The van der Waals surface area contributed by atoms with Crippen LogP contribution in [0.3, 0.4) is 0 Å². The highest BCUT2D eigenvalue weighted by Crippen LogP contribution is 2.23. The molecule has 0 radical (unpaired) electrons. The van der Waals surface area contributed by atoms with Gasteiger partial charge in [-0.3, -0.25) is 0 Å². The molecule has 3 aromatic rings. The number of nitrogens with one attached hydrogen (secondary N) is 2. The number of oxazole rings is 1. The zero-order valence-corrected chi connectivity index (χ0v) is 18.8.